The Morgan fingerprint density at radius 3 is 2.21 bits per heavy atom. The van der Waals surface area contributed by atoms with E-state index in [0.717, 1.165) is 18.4 Å². The molecular weight excluding hydrogens is 308 g/mol. The quantitative estimate of drug-likeness (QED) is 0.332. The van der Waals surface area contributed by atoms with E-state index in [1.165, 1.54) is 50.7 Å². The van der Waals surface area contributed by atoms with Crippen LogP contribution in [0, 0.1) is 10.1 Å². The Balaban J connectivity index is 2.03. The summed E-state index contributed by atoms with van der Waals surface area (Å²) in [6.45, 7) is 2.95. The van der Waals surface area contributed by atoms with Gasteiger partial charge in [0.2, 0.25) is 0 Å². The van der Waals surface area contributed by atoms with Gasteiger partial charge in [-0.25, -0.2) is 4.79 Å². The van der Waals surface area contributed by atoms with Crippen molar-refractivity contribution in [3.05, 3.63) is 39.9 Å². The molecule has 1 amide bonds. The number of nitro benzene ring substituents is 1. The number of nitrogens with zero attached hydrogens (tertiary/aromatic N) is 1. The van der Waals surface area contributed by atoms with Crippen molar-refractivity contribution in [3.63, 3.8) is 0 Å². The van der Waals surface area contributed by atoms with Gasteiger partial charge in [-0.2, -0.15) is 0 Å². The SMILES string of the molecule is CCCCCCCCCCNC(=O)OCc1ccc([N+](=O)[O-])cc1. The van der Waals surface area contributed by atoms with Crippen LogP contribution in [-0.2, 0) is 11.3 Å². The van der Waals surface area contributed by atoms with E-state index in [9.17, 15) is 14.9 Å². The Labute approximate surface area is 143 Å². The highest BCUT2D eigenvalue weighted by Gasteiger charge is 2.06. The predicted octanol–water partition coefficient (Wildman–Crippen LogP) is 4.96. The molecule has 1 N–H and O–H groups in total. The molecule has 0 saturated heterocycles. The van der Waals surface area contributed by atoms with Gasteiger partial charge >= 0.3 is 6.09 Å². The average Bonchev–Trinajstić information content (AvgIpc) is 2.59. The minimum Gasteiger partial charge on any atom is -0.445 e. The molecule has 0 aliphatic heterocycles. The highest BCUT2D eigenvalue weighted by atomic mass is 16.6. The second-order valence-electron chi connectivity index (χ2n) is 5.90. The fourth-order valence-electron chi connectivity index (χ4n) is 2.36. The van der Waals surface area contributed by atoms with E-state index in [0.29, 0.717) is 6.54 Å². The van der Waals surface area contributed by atoms with E-state index in [1.54, 1.807) is 12.1 Å². The van der Waals surface area contributed by atoms with Crippen LogP contribution in [0.15, 0.2) is 24.3 Å². The molecule has 0 fully saturated rings. The first-order valence-corrected chi connectivity index (χ1v) is 8.77. The van der Waals surface area contributed by atoms with Crippen LogP contribution in [0.25, 0.3) is 0 Å². The first-order chi connectivity index (χ1) is 11.6. The van der Waals surface area contributed by atoms with Crippen molar-refractivity contribution in [1.82, 2.24) is 5.32 Å². The third-order valence-corrected chi connectivity index (χ3v) is 3.82. The van der Waals surface area contributed by atoms with Crippen LogP contribution in [0.2, 0.25) is 0 Å². The molecule has 1 aromatic rings. The zero-order chi connectivity index (χ0) is 17.6. The maximum Gasteiger partial charge on any atom is 0.407 e. The Kier molecular flexibility index (Phi) is 10.2. The molecule has 0 saturated carbocycles. The van der Waals surface area contributed by atoms with Crippen molar-refractivity contribution in [1.29, 1.82) is 0 Å². The summed E-state index contributed by atoms with van der Waals surface area (Å²) in [6, 6.07) is 5.97. The largest absolute Gasteiger partial charge is 0.445 e. The molecule has 0 aliphatic rings. The first kappa shape index (κ1) is 19.9. The molecule has 0 aromatic heterocycles. The first-order valence-electron chi connectivity index (χ1n) is 8.77. The predicted molar refractivity (Wildman–Crippen MR) is 93.9 cm³/mol. The van der Waals surface area contributed by atoms with Gasteiger partial charge in [0.15, 0.2) is 0 Å². The van der Waals surface area contributed by atoms with E-state index >= 15 is 0 Å². The summed E-state index contributed by atoms with van der Waals surface area (Å²) >= 11 is 0. The lowest BCUT2D eigenvalue weighted by atomic mass is 10.1. The Bertz CT molecular complexity index is 488. The van der Waals surface area contributed by atoms with Crippen LogP contribution < -0.4 is 5.32 Å². The topological polar surface area (TPSA) is 81.5 Å². The molecule has 6 nitrogen and oxygen atoms in total. The van der Waals surface area contributed by atoms with Gasteiger partial charge in [-0.3, -0.25) is 10.1 Å². The van der Waals surface area contributed by atoms with E-state index in [2.05, 4.69) is 12.2 Å². The number of carbonyl (C=O) groups excluding carboxylic acids is 1. The number of amides is 1. The van der Waals surface area contributed by atoms with E-state index in [1.807, 2.05) is 0 Å². The molecule has 6 heteroatoms. The Hall–Kier alpha value is -2.11. The van der Waals surface area contributed by atoms with E-state index in [-0.39, 0.29) is 12.3 Å². The number of rotatable bonds is 12. The molecule has 0 bridgehead atoms. The number of unbranched alkanes of at least 4 members (excludes halogenated alkanes) is 7. The minimum atomic E-state index is -0.457. The summed E-state index contributed by atoms with van der Waals surface area (Å²) in [6.07, 6.45) is 9.33. The third-order valence-electron chi connectivity index (χ3n) is 3.82. The fourth-order valence-corrected chi connectivity index (χ4v) is 2.36. The normalized spacial score (nSPS) is 10.4. The number of non-ortho nitro benzene ring substituents is 1. The number of benzene rings is 1. The van der Waals surface area contributed by atoms with Crippen molar-refractivity contribution in [2.24, 2.45) is 0 Å². The second-order valence-corrected chi connectivity index (χ2v) is 5.90. The lowest BCUT2D eigenvalue weighted by molar-refractivity contribution is -0.384. The number of ether oxygens (including phenoxy) is 1. The molecular formula is C18H28N2O4. The van der Waals surface area contributed by atoms with Gasteiger partial charge in [0, 0.05) is 18.7 Å². The molecule has 0 spiro atoms. The number of hydrogen-bond acceptors (Lipinski definition) is 4. The average molecular weight is 336 g/mol. The van der Waals surface area contributed by atoms with Gasteiger partial charge in [-0.15, -0.1) is 0 Å². The van der Waals surface area contributed by atoms with Gasteiger partial charge in [0.05, 0.1) is 4.92 Å². The summed E-state index contributed by atoms with van der Waals surface area (Å²) in [5, 5.41) is 13.3. The second kappa shape index (κ2) is 12.3. The monoisotopic (exact) mass is 336 g/mol. The lowest BCUT2D eigenvalue weighted by Gasteiger charge is -2.07. The molecule has 0 heterocycles. The summed E-state index contributed by atoms with van der Waals surface area (Å²) < 4.78 is 5.08. The van der Waals surface area contributed by atoms with Gasteiger partial charge in [-0.1, -0.05) is 51.9 Å². The van der Waals surface area contributed by atoms with Crippen LogP contribution in [0.3, 0.4) is 0 Å². The van der Waals surface area contributed by atoms with Gasteiger partial charge in [-0.05, 0) is 24.1 Å². The molecule has 24 heavy (non-hydrogen) atoms. The number of nitro groups is 1. The molecule has 0 aliphatic carbocycles. The fraction of sp³-hybridized carbons (Fsp3) is 0.611. The highest BCUT2D eigenvalue weighted by Crippen LogP contribution is 2.12. The van der Waals surface area contributed by atoms with Crippen LogP contribution in [-0.4, -0.2) is 17.6 Å². The summed E-state index contributed by atoms with van der Waals surface area (Å²) in [7, 11) is 0. The number of carbonyl (C=O) groups is 1. The van der Waals surface area contributed by atoms with Gasteiger partial charge in [0.25, 0.3) is 5.69 Å². The highest BCUT2D eigenvalue weighted by molar-refractivity contribution is 5.67. The maximum atomic E-state index is 11.6. The molecule has 1 rings (SSSR count). The summed E-state index contributed by atoms with van der Waals surface area (Å²) in [5.41, 5.74) is 0.751. The van der Waals surface area contributed by atoms with Crippen LogP contribution in [0.4, 0.5) is 10.5 Å². The number of hydrogen-bond donors (Lipinski definition) is 1. The van der Waals surface area contributed by atoms with Crippen LogP contribution >= 0.6 is 0 Å². The molecule has 1 aromatic carbocycles. The molecule has 0 radical (unpaired) electrons. The third kappa shape index (κ3) is 9.12. The number of nitrogens with one attached hydrogen (secondary N) is 1. The minimum absolute atomic E-state index is 0.0258. The van der Waals surface area contributed by atoms with Gasteiger partial charge < -0.3 is 10.1 Å². The van der Waals surface area contributed by atoms with Crippen molar-refractivity contribution in [2.75, 3.05) is 6.54 Å². The molecule has 0 atom stereocenters. The maximum absolute atomic E-state index is 11.6. The van der Waals surface area contributed by atoms with Crippen molar-refractivity contribution in [3.8, 4) is 0 Å². The Morgan fingerprint density at radius 2 is 1.62 bits per heavy atom. The zero-order valence-corrected chi connectivity index (χ0v) is 14.5. The van der Waals surface area contributed by atoms with Crippen molar-refractivity contribution >= 4 is 11.8 Å². The standard InChI is InChI=1S/C18H28N2O4/c1-2-3-4-5-6-7-8-9-14-19-18(21)24-15-16-10-12-17(13-11-16)20(22)23/h10-13H,2-9,14-15H2,1H3,(H,19,21). The zero-order valence-electron chi connectivity index (χ0n) is 14.5. The smallest absolute Gasteiger partial charge is 0.407 e. The van der Waals surface area contributed by atoms with Crippen molar-refractivity contribution < 1.29 is 14.5 Å². The van der Waals surface area contributed by atoms with E-state index in [4.69, 9.17) is 4.74 Å². The Morgan fingerprint density at radius 1 is 1.04 bits per heavy atom. The summed E-state index contributed by atoms with van der Waals surface area (Å²) in [5.74, 6) is 0. The lowest BCUT2D eigenvalue weighted by Crippen LogP contribution is -2.25. The van der Waals surface area contributed by atoms with Crippen molar-refractivity contribution in [2.45, 2.75) is 64.9 Å². The van der Waals surface area contributed by atoms with Gasteiger partial charge in [0.1, 0.15) is 6.61 Å². The summed E-state index contributed by atoms with van der Waals surface area (Å²) in [4.78, 5) is 21.6. The van der Waals surface area contributed by atoms with E-state index < -0.39 is 11.0 Å². The van der Waals surface area contributed by atoms with Crippen LogP contribution in [0.5, 0.6) is 0 Å². The molecule has 0 unspecified atom stereocenters. The molecule has 134 valence electrons. The van der Waals surface area contributed by atoms with Crippen LogP contribution in [0.1, 0.15) is 63.9 Å². The number of alkyl carbamates (subject to hydrolysis) is 1.